The van der Waals surface area contributed by atoms with Crippen LogP contribution in [0.2, 0.25) is 0 Å². The van der Waals surface area contributed by atoms with Crippen LogP contribution in [0.25, 0.3) is 0 Å². The van der Waals surface area contributed by atoms with E-state index in [-0.39, 0.29) is 18.3 Å². The van der Waals surface area contributed by atoms with E-state index in [4.69, 9.17) is 18.7 Å². The van der Waals surface area contributed by atoms with Gasteiger partial charge >= 0.3 is 7.12 Å². The highest BCUT2D eigenvalue weighted by atomic mass is 31.2. The van der Waals surface area contributed by atoms with Crippen molar-refractivity contribution in [2.24, 2.45) is 0 Å². The van der Waals surface area contributed by atoms with Crippen molar-refractivity contribution in [1.82, 2.24) is 0 Å². The van der Waals surface area contributed by atoms with Gasteiger partial charge in [0.15, 0.2) is 0 Å². The topological polar surface area (TPSA) is 88.1 Å². The SMILES string of the molecule is CC1(C)OB(c2ccc(CCCCCCCCCCCCCCCCCCC(C[N+](C)(C)C)OP(=O)([O-])O)cc2)OC1(C)C. The van der Waals surface area contributed by atoms with Gasteiger partial charge in [0.2, 0.25) is 0 Å². The van der Waals surface area contributed by atoms with Crippen LogP contribution in [-0.2, 0) is 24.8 Å². The predicted octanol–water partition coefficient (Wildman–Crippen LogP) is 7.71. The fourth-order valence-electron chi connectivity index (χ4n) is 5.97. The Kier molecular flexibility index (Phi) is 17.2. The van der Waals surface area contributed by atoms with Crippen molar-refractivity contribution in [3.63, 3.8) is 0 Å². The minimum absolute atomic E-state index is 0.277. The van der Waals surface area contributed by atoms with Gasteiger partial charge in [-0.1, -0.05) is 121 Å². The molecule has 0 aliphatic carbocycles. The highest BCUT2D eigenvalue weighted by Crippen LogP contribution is 2.36. The molecule has 1 aliphatic heterocycles. The molecule has 2 rings (SSSR count). The van der Waals surface area contributed by atoms with Crippen LogP contribution in [0.5, 0.6) is 0 Å². The standard InChI is InChI=1S/C35H65BNO6P/c1-34(2)35(3,4)43-36(42-34)32-28-26-31(27-29-32)24-22-20-18-16-14-12-10-8-9-11-13-15-17-19-21-23-25-33(30-37(5,6)7)41-44(38,39)40/h26-29,33H,8-25,30H2,1-7H3,(H-,38,39,40). The number of aryl methyl sites for hydroxylation is 1. The molecular formula is C35H65BNO6P. The van der Waals surface area contributed by atoms with Gasteiger partial charge in [-0.05, 0) is 58.0 Å². The number of hydrogen-bond acceptors (Lipinski definition) is 5. The van der Waals surface area contributed by atoms with Crippen LogP contribution in [0.4, 0.5) is 0 Å². The maximum atomic E-state index is 11.2. The summed E-state index contributed by atoms with van der Waals surface area (Å²) in [5, 5.41) is 0. The molecule has 0 aromatic heterocycles. The normalized spacial score (nSPS) is 18.4. The second-order valence-corrected chi connectivity index (χ2v) is 16.3. The highest BCUT2D eigenvalue weighted by Gasteiger charge is 2.51. The number of rotatable bonds is 24. The molecule has 1 aromatic rings. The molecule has 2 atom stereocenters. The quantitative estimate of drug-likeness (QED) is 0.0541. The Morgan fingerprint density at radius 3 is 1.52 bits per heavy atom. The molecule has 0 radical (unpaired) electrons. The lowest BCUT2D eigenvalue weighted by molar-refractivity contribution is -0.873. The van der Waals surface area contributed by atoms with Crippen LogP contribution in [0.15, 0.2) is 24.3 Å². The Balaban J connectivity index is 1.37. The summed E-state index contributed by atoms with van der Waals surface area (Å²) in [6, 6.07) is 8.80. The Hall–Kier alpha value is -0.725. The zero-order chi connectivity index (χ0) is 32.7. The molecule has 44 heavy (non-hydrogen) atoms. The maximum Gasteiger partial charge on any atom is 0.494 e. The van der Waals surface area contributed by atoms with Crippen molar-refractivity contribution in [3.8, 4) is 0 Å². The monoisotopic (exact) mass is 637 g/mol. The molecular weight excluding hydrogens is 572 g/mol. The number of phosphoric acid groups is 1. The molecule has 0 spiro atoms. The third kappa shape index (κ3) is 16.7. The first-order chi connectivity index (χ1) is 20.6. The van der Waals surface area contributed by atoms with E-state index in [0.29, 0.717) is 17.4 Å². The third-order valence-electron chi connectivity index (χ3n) is 9.28. The summed E-state index contributed by atoms with van der Waals surface area (Å²) in [5.41, 5.74) is 1.91. The van der Waals surface area contributed by atoms with E-state index in [0.717, 1.165) is 24.7 Å². The molecule has 0 saturated carbocycles. The number of nitrogens with zero attached hydrogens (tertiary/aromatic N) is 1. The Labute approximate surface area is 270 Å². The molecule has 1 heterocycles. The number of unbranched alkanes of at least 4 members (excludes halogenated alkanes) is 15. The van der Waals surface area contributed by atoms with Gasteiger partial charge in [-0.2, -0.15) is 0 Å². The Bertz CT molecular complexity index is 943. The third-order valence-corrected chi connectivity index (χ3v) is 9.84. The van der Waals surface area contributed by atoms with Gasteiger partial charge in [-0.3, -0.25) is 4.57 Å². The molecule has 1 aromatic carbocycles. The minimum Gasteiger partial charge on any atom is -0.756 e. The van der Waals surface area contributed by atoms with Crippen molar-refractivity contribution >= 4 is 20.4 Å². The summed E-state index contributed by atoms with van der Waals surface area (Å²) < 4.78 is 29.0. The smallest absolute Gasteiger partial charge is 0.494 e. The molecule has 1 aliphatic rings. The zero-order valence-electron chi connectivity index (χ0n) is 29.3. The molecule has 254 valence electrons. The Morgan fingerprint density at radius 1 is 0.750 bits per heavy atom. The molecule has 1 fully saturated rings. The van der Waals surface area contributed by atoms with Crippen LogP contribution < -0.4 is 10.4 Å². The van der Waals surface area contributed by atoms with Gasteiger partial charge in [0, 0.05) is 0 Å². The van der Waals surface area contributed by atoms with Crippen molar-refractivity contribution in [2.45, 2.75) is 161 Å². The van der Waals surface area contributed by atoms with E-state index in [1.165, 1.54) is 95.5 Å². The van der Waals surface area contributed by atoms with E-state index >= 15 is 0 Å². The van der Waals surface area contributed by atoms with Crippen LogP contribution in [0, 0.1) is 0 Å². The molecule has 0 bridgehead atoms. The van der Waals surface area contributed by atoms with Gasteiger partial charge in [-0.25, -0.2) is 0 Å². The maximum absolute atomic E-state index is 11.2. The fourth-order valence-corrected chi connectivity index (χ4v) is 6.52. The second kappa shape index (κ2) is 19.2. The Morgan fingerprint density at radius 2 is 1.14 bits per heavy atom. The average molecular weight is 638 g/mol. The zero-order valence-corrected chi connectivity index (χ0v) is 30.2. The number of phosphoric ester groups is 1. The number of hydrogen-bond donors (Lipinski definition) is 1. The molecule has 9 heteroatoms. The summed E-state index contributed by atoms with van der Waals surface area (Å²) in [6.45, 7) is 8.95. The van der Waals surface area contributed by atoms with Crippen LogP contribution in [0.1, 0.15) is 142 Å². The minimum atomic E-state index is -4.68. The first kappa shape index (κ1) is 39.5. The van der Waals surface area contributed by atoms with Gasteiger partial charge in [0.1, 0.15) is 12.6 Å². The second-order valence-electron chi connectivity index (χ2n) is 15.2. The largest absolute Gasteiger partial charge is 0.756 e. The molecule has 2 unspecified atom stereocenters. The first-order valence-electron chi connectivity index (χ1n) is 17.6. The number of quaternary nitrogens is 1. The van der Waals surface area contributed by atoms with Crippen molar-refractivity contribution in [1.29, 1.82) is 0 Å². The fraction of sp³-hybridized carbons (Fsp3) is 0.829. The van der Waals surface area contributed by atoms with E-state index < -0.39 is 13.9 Å². The van der Waals surface area contributed by atoms with Crippen LogP contribution in [0.3, 0.4) is 0 Å². The molecule has 1 saturated heterocycles. The number of benzene rings is 1. The molecule has 1 N–H and O–H groups in total. The first-order valence-corrected chi connectivity index (χ1v) is 19.0. The summed E-state index contributed by atoms with van der Waals surface area (Å²) in [5.74, 6) is 0. The lowest BCUT2D eigenvalue weighted by Gasteiger charge is -2.32. The summed E-state index contributed by atoms with van der Waals surface area (Å²) in [7, 11) is 1.03. The molecule has 7 nitrogen and oxygen atoms in total. The molecule has 0 amide bonds. The van der Waals surface area contributed by atoms with E-state index in [1.54, 1.807) is 0 Å². The summed E-state index contributed by atoms with van der Waals surface area (Å²) in [4.78, 5) is 20.2. The van der Waals surface area contributed by atoms with E-state index in [9.17, 15) is 9.46 Å². The van der Waals surface area contributed by atoms with Gasteiger partial charge in [0.05, 0.1) is 32.3 Å². The predicted molar refractivity (Wildman–Crippen MR) is 182 cm³/mol. The van der Waals surface area contributed by atoms with Crippen LogP contribution in [-0.4, -0.2) is 61.5 Å². The van der Waals surface area contributed by atoms with E-state index in [2.05, 4.69) is 52.0 Å². The van der Waals surface area contributed by atoms with E-state index in [1.807, 2.05) is 21.1 Å². The van der Waals surface area contributed by atoms with Crippen molar-refractivity contribution < 1.29 is 32.7 Å². The lowest BCUT2D eigenvalue weighted by Crippen LogP contribution is -2.42. The van der Waals surface area contributed by atoms with Crippen molar-refractivity contribution in [2.75, 3.05) is 27.7 Å². The summed E-state index contributed by atoms with van der Waals surface area (Å²) >= 11 is 0. The summed E-state index contributed by atoms with van der Waals surface area (Å²) in [6.07, 6.45) is 21.9. The number of likely N-dealkylation sites (N-methyl/N-ethyl adjacent to an activating group) is 1. The van der Waals surface area contributed by atoms with Gasteiger partial charge in [0.25, 0.3) is 7.82 Å². The van der Waals surface area contributed by atoms with Gasteiger partial charge in [-0.15, -0.1) is 0 Å². The van der Waals surface area contributed by atoms with Gasteiger partial charge < -0.3 is 28.1 Å². The average Bonchev–Trinajstić information content (AvgIpc) is 3.12. The lowest BCUT2D eigenvalue weighted by atomic mass is 9.78. The van der Waals surface area contributed by atoms with Crippen molar-refractivity contribution in [3.05, 3.63) is 29.8 Å². The van der Waals surface area contributed by atoms with Crippen LogP contribution >= 0.6 is 7.82 Å². The highest BCUT2D eigenvalue weighted by molar-refractivity contribution is 7.44.